The number of nitrogens with one attached hydrogen (secondary N) is 1. The summed E-state index contributed by atoms with van der Waals surface area (Å²) in [7, 11) is 1.42. The van der Waals surface area contributed by atoms with E-state index in [9.17, 15) is 14.4 Å². The van der Waals surface area contributed by atoms with Crippen LogP contribution in [0.5, 0.6) is 5.75 Å². The third kappa shape index (κ3) is 5.57. The third-order valence-electron chi connectivity index (χ3n) is 3.86. The maximum atomic E-state index is 12.3. The summed E-state index contributed by atoms with van der Waals surface area (Å²) in [6, 6.07) is 10.9. The summed E-state index contributed by atoms with van der Waals surface area (Å²) in [4.78, 5) is 36.5. The first-order valence-electron chi connectivity index (χ1n) is 8.57. The Morgan fingerprint density at radius 3 is 2.25 bits per heavy atom. The lowest BCUT2D eigenvalue weighted by Crippen LogP contribution is -2.27. The van der Waals surface area contributed by atoms with Crippen LogP contribution in [0, 0.1) is 5.41 Å². The summed E-state index contributed by atoms with van der Waals surface area (Å²) in [6.07, 6.45) is 0. The molecule has 7 heteroatoms. The Morgan fingerprint density at radius 2 is 1.68 bits per heavy atom. The van der Waals surface area contributed by atoms with Crippen LogP contribution in [0.25, 0.3) is 0 Å². The van der Waals surface area contributed by atoms with Gasteiger partial charge in [0.05, 0.1) is 7.11 Å². The molecule has 0 aliphatic heterocycles. The molecule has 0 bridgehead atoms. The molecule has 0 unspecified atom stereocenters. The molecule has 148 valence electrons. The van der Waals surface area contributed by atoms with E-state index in [0.717, 1.165) is 0 Å². The number of hydrogen-bond acceptors (Lipinski definition) is 5. The van der Waals surface area contributed by atoms with Gasteiger partial charge < -0.3 is 14.8 Å². The Labute approximate surface area is 168 Å². The molecule has 1 amide bonds. The zero-order valence-corrected chi connectivity index (χ0v) is 16.9. The Balaban J connectivity index is 1.99. The van der Waals surface area contributed by atoms with Gasteiger partial charge in [-0.05, 0) is 42.5 Å². The number of benzene rings is 2. The van der Waals surface area contributed by atoms with Gasteiger partial charge >= 0.3 is 5.97 Å². The fourth-order valence-corrected chi connectivity index (χ4v) is 2.36. The number of rotatable bonds is 6. The molecule has 0 aromatic heterocycles. The van der Waals surface area contributed by atoms with Crippen LogP contribution in [0.1, 0.15) is 41.5 Å². The number of ketones is 1. The second kappa shape index (κ2) is 8.89. The van der Waals surface area contributed by atoms with Crippen molar-refractivity contribution in [2.45, 2.75) is 20.8 Å². The molecule has 0 fully saturated rings. The van der Waals surface area contributed by atoms with Crippen LogP contribution in [0.3, 0.4) is 0 Å². The zero-order valence-electron chi connectivity index (χ0n) is 16.2. The predicted molar refractivity (Wildman–Crippen MR) is 107 cm³/mol. The third-order valence-corrected chi connectivity index (χ3v) is 4.10. The largest absolute Gasteiger partial charge is 0.496 e. The molecule has 0 saturated carbocycles. The molecular formula is C21H22ClNO5. The van der Waals surface area contributed by atoms with E-state index in [1.54, 1.807) is 36.4 Å². The monoisotopic (exact) mass is 403 g/mol. The number of hydrogen-bond donors (Lipinski definition) is 1. The number of carbonyl (C=O) groups excluding carboxylic acids is 3. The number of halogens is 1. The molecular weight excluding hydrogens is 382 g/mol. The number of ether oxygens (including phenoxy) is 2. The van der Waals surface area contributed by atoms with Gasteiger partial charge in [0.2, 0.25) is 5.91 Å². The zero-order chi connectivity index (χ0) is 20.9. The van der Waals surface area contributed by atoms with Crippen LogP contribution < -0.4 is 10.1 Å². The maximum Gasteiger partial charge on any atom is 0.342 e. The number of Topliss-reactive ketones (excluding diaryl/α,β-unsaturated/α-hetero) is 1. The van der Waals surface area contributed by atoms with Gasteiger partial charge in [0.1, 0.15) is 11.3 Å². The highest BCUT2D eigenvalue weighted by Crippen LogP contribution is 2.23. The number of carbonyl (C=O) groups is 3. The van der Waals surface area contributed by atoms with Gasteiger partial charge in [-0.1, -0.05) is 32.4 Å². The average molecular weight is 404 g/mol. The summed E-state index contributed by atoms with van der Waals surface area (Å²) in [5.41, 5.74) is 0.559. The fourth-order valence-electron chi connectivity index (χ4n) is 2.19. The highest BCUT2D eigenvalue weighted by molar-refractivity contribution is 6.31. The summed E-state index contributed by atoms with van der Waals surface area (Å²) in [6.45, 7) is 5.00. The second-order valence-electron chi connectivity index (χ2n) is 7.13. The molecule has 6 nitrogen and oxygen atoms in total. The molecule has 0 aliphatic rings. The first-order chi connectivity index (χ1) is 13.1. The van der Waals surface area contributed by atoms with Gasteiger partial charge in [0.25, 0.3) is 0 Å². The molecule has 1 N–H and O–H groups in total. The first kappa shape index (κ1) is 21.4. The van der Waals surface area contributed by atoms with E-state index in [-0.39, 0.29) is 17.3 Å². The normalized spacial score (nSPS) is 10.9. The predicted octanol–water partition coefficient (Wildman–Crippen LogP) is 4.37. The van der Waals surface area contributed by atoms with E-state index in [0.29, 0.717) is 22.0 Å². The fraction of sp³-hybridized carbons (Fsp3) is 0.286. The van der Waals surface area contributed by atoms with Crippen LogP contribution in [0.2, 0.25) is 5.02 Å². The van der Waals surface area contributed by atoms with Crippen molar-refractivity contribution in [2.24, 2.45) is 5.41 Å². The van der Waals surface area contributed by atoms with E-state index >= 15 is 0 Å². The Hall–Kier alpha value is -2.86. The number of anilines is 1. The van der Waals surface area contributed by atoms with Crippen molar-refractivity contribution in [2.75, 3.05) is 19.0 Å². The number of amides is 1. The molecule has 0 radical (unpaired) electrons. The van der Waals surface area contributed by atoms with Crippen molar-refractivity contribution in [3.05, 3.63) is 58.6 Å². The van der Waals surface area contributed by atoms with Crippen molar-refractivity contribution in [3.8, 4) is 5.75 Å². The molecule has 2 aromatic rings. The minimum atomic E-state index is -0.707. The molecule has 0 saturated heterocycles. The second-order valence-corrected chi connectivity index (χ2v) is 7.56. The summed E-state index contributed by atoms with van der Waals surface area (Å²) in [5, 5.41) is 3.13. The van der Waals surface area contributed by atoms with Gasteiger partial charge in [0, 0.05) is 21.7 Å². The van der Waals surface area contributed by atoms with Crippen LogP contribution >= 0.6 is 11.6 Å². The van der Waals surface area contributed by atoms with Crippen molar-refractivity contribution in [3.63, 3.8) is 0 Å². The van der Waals surface area contributed by atoms with Crippen molar-refractivity contribution in [1.82, 2.24) is 0 Å². The van der Waals surface area contributed by atoms with E-state index in [2.05, 4.69) is 5.32 Å². The topological polar surface area (TPSA) is 81.7 Å². The van der Waals surface area contributed by atoms with Crippen LogP contribution in [0.4, 0.5) is 5.69 Å². The minimum absolute atomic E-state index is 0.129. The van der Waals surface area contributed by atoms with Crippen molar-refractivity contribution in [1.29, 1.82) is 0 Å². The standard InChI is InChI=1S/C21H22ClNO5/c1-21(2,3)20(26)23-15-8-5-13(6-9-15)17(24)12-28-19(25)16-11-14(22)7-10-18(16)27-4/h5-11H,12H2,1-4H3,(H,23,26). The van der Waals surface area contributed by atoms with E-state index in [4.69, 9.17) is 21.1 Å². The van der Waals surface area contributed by atoms with Gasteiger partial charge in [0.15, 0.2) is 12.4 Å². The van der Waals surface area contributed by atoms with Crippen LogP contribution in [0.15, 0.2) is 42.5 Å². The molecule has 0 atom stereocenters. The summed E-state index contributed by atoms with van der Waals surface area (Å²) in [5.74, 6) is -0.901. The molecule has 28 heavy (non-hydrogen) atoms. The smallest absolute Gasteiger partial charge is 0.342 e. The Morgan fingerprint density at radius 1 is 1.04 bits per heavy atom. The maximum absolute atomic E-state index is 12.3. The molecule has 2 aromatic carbocycles. The SMILES string of the molecule is COc1ccc(Cl)cc1C(=O)OCC(=O)c1ccc(NC(=O)C(C)(C)C)cc1. The van der Waals surface area contributed by atoms with E-state index in [1.807, 2.05) is 20.8 Å². The molecule has 0 heterocycles. The summed E-state index contributed by atoms with van der Waals surface area (Å²) >= 11 is 5.90. The van der Waals surface area contributed by atoms with Gasteiger partial charge in [-0.3, -0.25) is 9.59 Å². The lowest BCUT2D eigenvalue weighted by molar-refractivity contribution is -0.123. The average Bonchev–Trinajstić information content (AvgIpc) is 2.65. The molecule has 0 spiro atoms. The lowest BCUT2D eigenvalue weighted by atomic mass is 9.95. The summed E-state index contributed by atoms with van der Waals surface area (Å²) < 4.78 is 10.2. The van der Waals surface area contributed by atoms with Gasteiger partial charge in [-0.2, -0.15) is 0 Å². The minimum Gasteiger partial charge on any atom is -0.496 e. The van der Waals surface area contributed by atoms with Crippen LogP contribution in [-0.2, 0) is 9.53 Å². The highest BCUT2D eigenvalue weighted by Gasteiger charge is 2.21. The number of methoxy groups -OCH3 is 1. The molecule has 2 rings (SSSR count). The quantitative estimate of drug-likeness (QED) is 0.572. The first-order valence-corrected chi connectivity index (χ1v) is 8.95. The van der Waals surface area contributed by atoms with E-state index < -0.39 is 18.0 Å². The van der Waals surface area contributed by atoms with Crippen molar-refractivity contribution < 1.29 is 23.9 Å². The number of esters is 1. The molecule has 0 aliphatic carbocycles. The Kier molecular flexibility index (Phi) is 6.80. The van der Waals surface area contributed by atoms with E-state index in [1.165, 1.54) is 13.2 Å². The Bertz CT molecular complexity index is 885. The van der Waals surface area contributed by atoms with Gasteiger partial charge in [-0.15, -0.1) is 0 Å². The lowest BCUT2D eigenvalue weighted by Gasteiger charge is -2.17. The van der Waals surface area contributed by atoms with Crippen molar-refractivity contribution >= 4 is 34.9 Å². The van der Waals surface area contributed by atoms with Gasteiger partial charge in [-0.25, -0.2) is 4.79 Å². The highest BCUT2D eigenvalue weighted by atomic mass is 35.5. The van der Waals surface area contributed by atoms with Crippen LogP contribution in [-0.4, -0.2) is 31.4 Å².